The maximum absolute atomic E-state index is 2.56. The van der Waals surface area contributed by atoms with E-state index in [2.05, 4.69) is 72.5 Å². The lowest BCUT2D eigenvalue weighted by molar-refractivity contribution is 0.350. The average molecular weight is 251 g/mol. The van der Waals surface area contributed by atoms with Gasteiger partial charge in [-0.15, -0.1) is 0 Å². The molecule has 0 amide bonds. The van der Waals surface area contributed by atoms with E-state index in [-0.39, 0.29) is 0 Å². The summed E-state index contributed by atoms with van der Waals surface area (Å²) in [5, 5.41) is 0. The standard InChI is InChI=1S/C18H21N/c1-2-19-13-17(15-9-5-3-6-10-15)18(14-19)16-11-7-4-8-12-16/h3-12,17-18H,2,13-14H2,1H3/t17-,18-/m0/s1. The second-order valence-corrected chi connectivity index (χ2v) is 5.39. The van der Waals surface area contributed by atoms with Gasteiger partial charge < -0.3 is 4.90 Å². The third-order valence-corrected chi connectivity index (χ3v) is 4.30. The molecule has 0 spiro atoms. The fraction of sp³-hybridized carbons (Fsp3) is 0.333. The summed E-state index contributed by atoms with van der Waals surface area (Å²) in [6.45, 7) is 5.77. The van der Waals surface area contributed by atoms with Gasteiger partial charge in [0.2, 0.25) is 0 Å². The molecule has 2 aromatic rings. The first-order valence-electron chi connectivity index (χ1n) is 7.20. The van der Waals surface area contributed by atoms with Crippen molar-refractivity contribution in [1.29, 1.82) is 0 Å². The Kier molecular flexibility index (Phi) is 3.65. The van der Waals surface area contributed by atoms with Gasteiger partial charge in [-0.2, -0.15) is 0 Å². The second-order valence-electron chi connectivity index (χ2n) is 5.39. The van der Waals surface area contributed by atoms with E-state index in [1.54, 1.807) is 0 Å². The third-order valence-electron chi connectivity index (χ3n) is 4.30. The molecule has 3 rings (SSSR count). The molecule has 0 aliphatic carbocycles. The highest BCUT2D eigenvalue weighted by atomic mass is 15.1. The van der Waals surface area contributed by atoms with E-state index >= 15 is 0 Å². The van der Waals surface area contributed by atoms with Gasteiger partial charge in [-0.05, 0) is 17.7 Å². The molecule has 0 N–H and O–H groups in total. The van der Waals surface area contributed by atoms with Gasteiger partial charge in [0.1, 0.15) is 0 Å². The molecule has 0 saturated carbocycles. The zero-order valence-corrected chi connectivity index (χ0v) is 11.5. The first-order chi connectivity index (χ1) is 9.38. The van der Waals surface area contributed by atoms with Crippen LogP contribution in [0.3, 0.4) is 0 Å². The van der Waals surface area contributed by atoms with Gasteiger partial charge in [0.25, 0.3) is 0 Å². The maximum atomic E-state index is 2.56. The number of benzene rings is 2. The lowest BCUT2D eigenvalue weighted by Crippen LogP contribution is -2.19. The van der Waals surface area contributed by atoms with Crippen molar-refractivity contribution in [2.24, 2.45) is 0 Å². The normalized spacial score (nSPS) is 23.6. The molecule has 1 nitrogen and oxygen atoms in total. The molecule has 1 aliphatic heterocycles. The largest absolute Gasteiger partial charge is 0.302 e. The first-order valence-corrected chi connectivity index (χ1v) is 7.20. The van der Waals surface area contributed by atoms with Crippen LogP contribution in [0.25, 0.3) is 0 Å². The summed E-state index contributed by atoms with van der Waals surface area (Å²) in [4.78, 5) is 2.56. The SMILES string of the molecule is CCN1C[C@@H](c2ccccc2)[C@H](c2ccccc2)C1. The van der Waals surface area contributed by atoms with E-state index in [1.165, 1.54) is 24.2 Å². The zero-order chi connectivity index (χ0) is 13.1. The Morgan fingerprint density at radius 3 is 1.58 bits per heavy atom. The zero-order valence-electron chi connectivity index (χ0n) is 11.5. The molecule has 0 bridgehead atoms. The summed E-state index contributed by atoms with van der Waals surface area (Å²) >= 11 is 0. The topological polar surface area (TPSA) is 3.24 Å². The summed E-state index contributed by atoms with van der Waals surface area (Å²) in [7, 11) is 0. The number of rotatable bonds is 3. The van der Waals surface area contributed by atoms with E-state index in [4.69, 9.17) is 0 Å². The number of hydrogen-bond acceptors (Lipinski definition) is 1. The Bertz CT molecular complexity index is 458. The van der Waals surface area contributed by atoms with Crippen molar-refractivity contribution in [3.05, 3.63) is 71.8 Å². The summed E-state index contributed by atoms with van der Waals surface area (Å²) < 4.78 is 0. The molecule has 1 aliphatic rings. The highest BCUT2D eigenvalue weighted by molar-refractivity contribution is 5.31. The minimum atomic E-state index is 0.628. The van der Waals surface area contributed by atoms with E-state index in [0.717, 1.165) is 6.54 Å². The molecule has 2 aromatic carbocycles. The Labute approximate surface area is 115 Å². The molecule has 1 saturated heterocycles. The summed E-state index contributed by atoms with van der Waals surface area (Å²) in [6, 6.07) is 22.0. The lowest BCUT2D eigenvalue weighted by Gasteiger charge is -2.19. The quantitative estimate of drug-likeness (QED) is 0.800. The van der Waals surface area contributed by atoms with Gasteiger partial charge in [0, 0.05) is 24.9 Å². The van der Waals surface area contributed by atoms with Crippen molar-refractivity contribution in [1.82, 2.24) is 4.90 Å². The molecule has 19 heavy (non-hydrogen) atoms. The highest BCUT2D eigenvalue weighted by Gasteiger charge is 2.33. The van der Waals surface area contributed by atoms with Crippen molar-refractivity contribution < 1.29 is 0 Å². The molecule has 1 heterocycles. The Hall–Kier alpha value is -1.60. The van der Waals surface area contributed by atoms with Crippen LogP contribution in [0.5, 0.6) is 0 Å². The van der Waals surface area contributed by atoms with Crippen LogP contribution in [0, 0.1) is 0 Å². The van der Waals surface area contributed by atoms with Gasteiger partial charge in [-0.25, -0.2) is 0 Å². The van der Waals surface area contributed by atoms with E-state index in [9.17, 15) is 0 Å². The number of hydrogen-bond donors (Lipinski definition) is 0. The smallest absolute Gasteiger partial charge is 0.00568 e. The van der Waals surface area contributed by atoms with Gasteiger partial charge in [-0.3, -0.25) is 0 Å². The first kappa shape index (κ1) is 12.4. The summed E-state index contributed by atoms with van der Waals surface area (Å²) in [6.07, 6.45) is 0. The number of likely N-dealkylation sites (tertiary alicyclic amines) is 1. The Morgan fingerprint density at radius 2 is 1.21 bits per heavy atom. The van der Waals surface area contributed by atoms with Gasteiger partial charge >= 0.3 is 0 Å². The van der Waals surface area contributed by atoms with Crippen LogP contribution < -0.4 is 0 Å². The molecule has 1 heteroatoms. The second kappa shape index (κ2) is 5.58. The van der Waals surface area contributed by atoms with Gasteiger partial charge in [-0.1, -0.05) is 67.6 Å². The van der Waals surface area contributed by atoms with Crippen LogP contribution in [0.15, 0.2) is 60.7 Å². The minimum Gasteiger partial charge on any atom is -0.302 e. The molecule has 1 fully saturated rings. The predicted octanol–water partition coefficient (Wildman–Crippen LogP) is 3.89. The third kappa shape index (κ3) is 2.57. The van der Waals surface area contributed by atoms with Crippen molar-refractivity contribution >= 4 is 0 Å². The van der Waals surface area contributed by atoms with Crippen molar-refractivity contribution in [2.45, 2.75) is 18.8 Å². The predicted molar refractivity (Wildman–Crippen MR) is 80.5 cm³/mol. The molecule has 0 aromatic heterocycles. The van der Waals surface area contributed by atoms with Crippen molar-refractivity contribution in [2.75, 3.05) is 19.6 Å². The van der Waals surface area contributed by atoms with Crippen LogP contribution in [0.2, 0.25) is 0 Å². The average Bonchev–Trinajstić information content (AvgIpc) is 2.93. The van der Waals surface area contributed by atoms with E-state index < -0.39 is 0 Å². The van der Waals surface area contributed by atoms with Crippen LogP contribution in [-0.4, -0.2) is 24.5 Å². The molecule has 98 valence electrons. The van der Waals surface area contributed by atoms with E-state index in [1.807, 2.05) is 0 Å². The van der Waals surface area contributed by atoms with Crippen molar-refractivity contribution in [3.8, 4) is 0 Å². The fourth-order valence-electron chi connectivity index (χ4n) is 3.22. The van der Waals surface area contributed by atoms with Gasteiger partial charge in [0.15, 0.2) is 0 Å². The molecule has 2 atom stereocenters. The fourth-order valence-corrected chi connectivity index (χ4v) is 3.22. The van der Waals surface area contributed by atoms with Crippen LogP contribution in [-0.2, 0) is 0 Å². The van der Waals surface area contributed by atoms with E-state index in [0.29, 0.717) is 11.8 Å². The molecular formula is C18H21N. The lowest BCUT2D eigenvalue weighted by atomic mass is 9.84. The minimum absolute atomic E-state index is 0.628. The Morgan fingerprint density at radius 1 is 0.789 bits per heavy atom. The molecule has 0 radical (unpaired) electrons. The van der Waals surface area contributed by atoms with Gasteiger partial charge in [0.05, 0.1) is 0 Å². The van der Waals surface area contributed by atoms with Crippen LogP contribution in [0.1, 0.15) is 29.9 Å². The highest BCUT2D eigenvalue weighted by Crippen LogP contribution is 2.39. The van der Waals surface area contributed by atoms with Crippen LogP contribution in [0.4, 0.5) is 0 Å². The monoisotopic (exact) mass is 251 g/mol. The molecule has 0 unspecified atom stereocenters. The number of likely N-dealkylation sites (N-methyl/N-ethyl adjacent to an activating group) is 1. The Balaban J connectivity index is 1.92. The number of nitrogens with zero attached hydrogens (tertiary/aromatic N) is 1. The maximum Gasteiger partial charge on any atom is 0.00568 e. The summed E-state index contributed by atoms with van der Waals surface area (Å²) in [5.41, 5.74) is 2.96. The molecular weight excluding hydrogens is 230 g/mol. The van der Waals surface area contributed by atoms with Crippen LogP contribution >= 0.6 is 0 Å². The van der Waals surface area contributed by atoms with Crippen molar-refractivity contribution in [3.63, 3.8) is 0 Å². The summed E-state index contributed by atoms with van der Waals surface area (Å²) in [5.74, 6) is 1.26.